The van der Waals surface area contributed by atoms with E-state index in [4.69, 9.17) is 14.2 Å². The van der Waals surface area contributed by atoms with Gasteiger partial charge < -0.3 is 24.4 Å². The Hall–Kier alpha value is -3.92. The Labute approximate surface area is 236 Å². The van der Waals surface area contributed by atoms with Crippen LogP contribution in [0.1, 0.15) is 31.7 Å². The summed E-state index contributed by atoms with van der Waals surface area (Å²) in [5, 5.41) is 2.87. The van der Waals surface area contributed by atoms with E-state index < -0.39 is 22.5 Å². The van der Waals surface area contributed by atoms with Crippen molar-refractivity contribution in [1.82, 2.24) is 5.32 Å². The molecule has 10 heteroatoms. The summed E-state index contributed by atoms with van der Waals surface area (Å²) >= 11 is 0. The highest BCUT2D eigenvalue weighted by atomic mass is 32.2. The lowest BCUT2D eigenvalue weighted by Gasteiger charge is -2.28. The first-order chi connectivity index (χ1) is 19.3. The summed E-state index contributed by atoms with van der Waals surface area (Å²) in [7, 11) is -1.23. The number of ether oxygens (including phenoxy) is 3. The van der Waals surface area contributed by atoms with E-state index >= 15 is 0 Å². The summed E-state index contributed by atoms with van der Waals surface area (Å²) < 4.78 is 44.8. The summed E-state index contributed by atoms with van der Waals surface area (Å²) in [4.78, 5) is 15.4. The lowest BCUT2D eigenvalue weighted by Crippen LogP contribution is -2.40. The van der Waals surface area contributed by atoms with E-state index in [0.29, 0.717) is 23.8 Å². The highest BCUT2D eigenvalue weighted by Gasteiger charge is 2.28. The predicted octanol–water partition coefficient (Wildman–Crippen LogP) is 4.60. The molecule has 3 aromatic carbocycles. The number of anilines is 2. The van der Waals surface area contributed by atoms with Crippen molar-refractivity contribution in [2.45, 2.75) is 37.6 Å². The van der Waals surface area contributed by atoms with Crippen molar-refractivity contribution in [3.8, 4) is 17.2 Å². The Morgan fingerprint density at radius 1 is 0.900 bits per heavy atom. The molecule has 4 rings (SSSR count). The van der Waals surface area contributed by atoms with Gasteiger partial charge in [-0.3, -0.25) is 9.10 Å². The van der Waals surface area contributed by atoms with Crippen LogP contribution in [0.5, 0.6) is 17.2 Å². The zero-order chi connectivity index (χ0) is 28.5. The number of carbonyl (C=O) groups excluding carboxylic acids is 1. The molecule has 1 heterocycles. The highest BCUT2D eigenvalue weighted by molar-refractivity contribution is 7.92. The van der Waals surface area contributed by atoms with Gasteiger partial charge in [0.2, 0.25) is 5.91 Å². The largest absolute Gasteiger partial charge is 0.494 e. The molecule has 3 aromatic rings. The topological polar surface area (TPSA) is 97.4 Å². The van der Waals surface area contributed by atoms with Crippen LogP contribution >= 0.6 is 0 Å². The number of nitrogens with one attached hydrogen (secondary N) is 1. The molecule has 1 aliphatic heterocycles. The predicted molar refractivity (Wildman–Crippen MR) is 156 cm³/mol. The molecule has 0 unspecified atom stereocenters. The quantitative estimate of drug-likeness (QED) is 0.342. The molecule has 1 amide bonds. The molecule has 0 aliphatic carbocycles. The van der Waals surface area contributed by atoms with Crippen molar-refractivity contribution in [3.05, 3.63) is 72.3 Å². The first kappa shape index (κ1) is 29.1. The normalized spacial score (nSPS) is 13.4. The number of hydrogen-bond donors (Lipinski definition) is 1. The summed E-state index contributed by atoms with van der Waals surface area (Å²) in [6.45, 7) is 4.35. The van der Waals surface area contributed by atoms with Crippen LogP contribution in [-0.2, 0) is 21.4 Å². The van der Waals surface area contributed by atoms with E-state index in [1.54, 1.807) is 24.3 Å². The Morgan fingerprint density at radius 3 is 2.20 bits per heavy atom. The molecule has 9 nitrogen and oxygen atoms in total. The van der Waals surface area contributed by atoms with Crippen LogP contribution in [0.2, 0.25) is 0 Å². The summed E-state index contributed by atoms with van der Waals surface area (Å²) in [5.74, 6) is 0.844. The number of amides is 1. The minimum absolute atomic E-state index is 0.0277. The molecule has 0 atom stereocenters. The zero-order valence-corrected chi connectivity index (χ0v) is 24.1. The number of benzene rings is 3. The van der Waals surface area contributed by atoms with Crippen molar-refractivity contribution in [1.29, 1.82) is 0 Å². The third-order valence-electron chi connectivity index (χ3n) is 6.81. The first-order valence-electron chi connectivity index (χ1n) is 13.4. The van der Waals surface area contributed by atoms with E-state index in [1.165, 1.54) is 57.4 Å². The number of hydrogen-bond acceptors (Lipinski definition) is 7. The number of piperidine rings is 1. The van der Waals surface area contributed by atoms with Gasteiger partial charge in [0.1, 0.15) is 12.3 Å². The Kier molecular flexibility index (Phi) is 9.76. The zero-order valence-electron chi connectivity index (χ0n) is 23.3. The molecular weight excluding hydrogens is 530 g/mol. The van der Waals surface area contributed by atoms with Crippen LogP contribution in [0.3, 0.4) is 0 Å². The first-order valence-corrected chi connectivity index (χ1v) is 14.9. The average molecular weight is 568 g/mol. The lowest BCUT2D eigenvalue weighted by atomic mass is 10.1. The fourth-order valence-corrected chi connectivity index (χ4v) is 6.10. The van der Waals surface area contributed by atoms with Gasteiger partial charge in [-0.1, -0.05) is 12.1 Å². The average Bonchev–Trinajstić information content (AvgIpc) is 2.99. The second-order valence-corrected chi connectivity index (χ2v) is 11.3. The molecule has 1 saturated heterocycles. The van der Waals surface area contributed by atoms with Gasteiger partial charge in [0, 0.05) is 31.4 Å². The van der Waals surface area contributed by atoms with Crippen LogP contribution < -0.4 is 28.7 Å². The van der Waals surface area contributed by atoms with Crippen LogP contribution in [0.4, 0.5) is 11.4 Å². The number of methoxy groups -OCH3 is 2. The Bertz CT molecular complexity index is 1370. The molecule has 0 radical (unpaired) electrons. The third kappa shape index (κ3) is 6.98. The SMILES string of the molecule is CCOc1ccc(N(CC(=O)NCc2ccc(N3CCCCC3)cc2)S(=O)(=O)c2ccc(OC)c(OC)c2)cc1. The second kappa shape index (κ2) is 13.4. The van der Waals surface area contributed by atoms with Gasteiger partial charge in [0.25, 0.3) is 10.0 Å². The van der Waals surface area contributed by atoms with Gasteiger partial charge in [-0.2, -0.15) is 0 Å². The van der Waals surface area contributed by atoms with Gasteiger partial charge in [-0.05, 0) is 80.3 Å². The van der Waals surface area contributed by atoms with E-state index in [-0.39, 0.29) is 17.2 Å². The van der Waals surface area contributed by atoms with Gasteiger partial charge in [-0.25, -0.2) is 8.42 Å². The van der Waals surface area contributed by atoms with E-state index in [1.807, 2.05) is 19.1 Å². The molecule has 0 bridgehead atoms. The van der Waals surface area contributed by atoms with E-state index in [2.05, 4.69) is 22.3 Å². The molecule has 0 saturated carbocycles. The standard InChI is InChI=1S/C30H37N3O6S/c1-4-39-26-14-12-25(13-15-26)33(40(35,36)27-16-17-28(37-2)29(20-27)38-3)22-30(34)31-21-23-8-10-24(11-9-23)32-18-6-5-7-19-32/h8-17,20H,4-7,18-19,21-22H2,1-3H3,(H,31,34). The summed E-state index contributed by atoms with van der Waals surface area (Å²) in [5.41, 5.74) is 2.45. The maximum atomic E-state index is 13.8. The Morgan fingerprint density at radius 2 is 1.57 bits per heavy atom. The van der Waals surface area contributed by atoms with Crippen molar-refractivity contribution < 1.29 is 27.4 Å². The van der Waals surface area contributed by atoms with Crippen molar-refractivity contribution in [2.24, 2.45) is 0 Å². The van der Waals surface area contributed by atoms with Crippen LogP contribution in [0, 0.1) is 0 Å². The minimum Gasteiger partial charge on any atom is -0.494 e. The fourth-order valence-electron chi connectivity index (χ4n) is 4.66. The van der Waals surface area contributed by atoms with Crippen molar-refractivity contribution in [3.63, 3.8) is 0 Å². The number of carbonyl (C=O) groups is 1. The summed E-state index contributed by atoms with van der Waals surface area (Å²) in [6, 6.07) is 19.1. The van der Waals surface area contributed by atoms with Gasteiger partial charge in [0.05, 0.1) is 31.4 Å². The Balaban J connectivity index is 1.52. The van der Waals surface area contributed by atoms with Crippen molar-refractivity contribution >= 4 is 27.3 Å². The fraction of sp³-hybridized carbons (Fsp3) is 0.367. The number of nitrogens with zero attached hydrogens (tertiary/aromatic N) is 2. The number of sulfonamides is 1. The van der Waals surface area contributed by atoms with Crippen LogP contribution in [-0.4, -0.2) is 54.8 Å². The molecule has 0 aromatic heterocycles. The molecule has 40 heavy (non-hydrogen) atoms. The molecule has 214 valence electrons. The van der Waals surface area contributed by atoms with Crippen molar-refractivity contribution in [2.75, 3.05) is 49.7 Å². The smallest absolute Gasteiger partial charge is 0.264 e. The van der Waals surface area contributed by atoms with Gasteiger partial charge >= 0.3 is 0 Å². The highest BCUT2D eigenvalue weighted by Crippen LogP contribution is 2.32. The maximum absolute atomic E-state index is 13.8. The lowest BCUT2D eigenvalue weighted by molar-refractivity contribution is -0.119. The molecule has 1 aliphatic rings. The summed E-state index contributed by atoms with van der Waals surface area (Å²) in [6.07, 6.45) is 3.68. The van der Waals surface area contributed by atoms with Crippen LogP contribution in [0.15, 0.2) is 71.6 Å². The maximum Gasteiger partial charge on any atom is 0.264 e. The minimum atomic E-state index is -4.14. The van der Waals surface area contributed by atoms with Gasteiger partial charge in [0.15, 0.2) is 11.5 Å². The number of rotatable bonds is 12. The van der Waals surface area contributed by atoms with Gasteiger partial charge in [-0.15, -0.1) is 0 Å². The third-order valence-corrected chi connectivity index (χ3v) is 8.58. The van der Waals surface area contributed by atoms with E-state index in [0.717, 1.165) is 23.0 Å². The monoisotopic (exact) mass is 567 g/mol. The second-order valence-electron chi connectivity index (χ2n) is 9.45. The molecule has 0 spiro atoms. The molecule has 1 fully saturated rings. The molecular formula is C30H37N3O6S. The van der Waals surface area contributed by atoms with E-state index in [9.17, 15) is 13.2 Å². The van der Waals surface area contributed by atoms with Crippen LogP contribution in [0.25, 0.3) is 0 Å². The molecule has 1 N–H and O–H groups in total.